The highest BCUT2D eigenvalue weighted by Gasteiger charge is 2.71. The Bertz CT molecular complexity index is 1470. The lowest BCUT2D eigenvalue weighted by atomic mass is 9.63. The van der Waals surface area contributed by atoms with E-state index in [1.807, 2.05) is 80.3 Å². The van der Waals surface area contributed by atoms with Gasteiger partial charge in [0.05, 0.1) is 25.3 Å². The number of anilines is 2. The van der Waals surface area contributed by atoms with Crippen molar-refractivity contribution in [1.29, 1.82) is 0 Å². The molecule has 3 aliphatic rings. The topological polar surface area (TPSA) is 88.8 Å². The molecule has 0 aliphatic carbocycles. The van der Waals surface area contributed by atoms with Gasteiger partial charge in [-0.25, -0.2) is 0 Å². The van der Waals surface area contributed by atoms with Gasteiger partial charge in [0.2, 0.25) is 11.7 Å². The quantitative estimate of drug-likeness (QED) is 0.518. The summed E-state index contributed by atoms with van der Waals surface area (Å²) in [5.41, 5.74) is 0.899. The van der Waals surface area contributed by atoms with E-state index < -0.39 is 28.8 Å². The van der Waals surface area contributed by atoms with Crippen LogP contribution in [-0.2, 0) is 15.0 Å². The molecule has 1 saturated heterocycles. The second-order valence-electron chi connectivity index (χ2n) is 10.9. The first kappa shape index (κ1) is 23.3. The molecule has 0 bridgehead atoms. The maximum Gasteiger partial charge on any atom is 0.238 e. The number of para-hydroxylation sites is 1. The maximum atomic E-state index is 14.3. The lowest BCUT2D eigenvalue weighted by Crippen LogP contribution is -2.51. The summed E-state index contributed by atoms with van der Waals surface area (Å²) in [7, 11) is 1.60. The summed E-state index contributed by atoms with van der Waals surface area (Å²) in [6.45, 7) is 5.55. The highest BCUT2D eigenvalue weighted by Crippen LogP contribution is 2.58. The van der Waals surface area contributed by atoms with Crippen LogP contribution in [-0.4, -0.2) is 36.7 Å². The van der Waals surface area contributed by atoms with Crippen LogP contribution >= 0.6 is 0 Å². The molecule has 3 aromatic rings. The van der Waals surface area contributed by atoms with Gasteiger partial charge in [-0.2, -0.15) is 0 Å². The molecule has 37 heavy (non-hydrogen) atoms. The van der Waals surface area contributed by atoms with Crippen molar-refractivity contribution in [3.05, 3.63) is 83.8 Å². The van der Waals surface area contributed by atoms with Crippen LogP contribution in [0.4, 0.5) is 11.4 Å². The third-order valence-electron chi connectivity index (χ3n) is 7.89. The molecule has 1 fully saturated rings. The van der Waals surface area contributed by atoms with Crippen molar-refractivity contribution >= 4 is 34.9 Å². The van der Waals surface area contributed by atoms with Gasteiger partial charge in [0.1, 0.15) is 17.2 Å². The fourth-order valence-electron chi connectivity index (χ4n) is 6.30. The lowest BCUT2D eigenvalue weighted by Gasteiger charge is -2.38. The summed E-state index contributed by atoms with van der Waals surface area (Å²) < 4.78 is 11.0. The van der Waals surface area contributed by atoms with Gasteiger partial charge in [-0.15, -0.1) is 0 Å². The van der Waals surface area contributed by atoms with Crippen LogP contribution in [0.3, 0.4) is 0 Å². The SMILES string of the molecule is COc1ccc2c(c1)C=C[C@H]1N2[C@H](C(=O)C(C)(C)C)[C@@H](C(=O)c2ccco2)[C@]12C(=O)Nc1ccccc12. The van der Waals surface area contributed by atoms with Gasteiger partial charge in [0.15, 0.2) is 11.5 Å². The van der Waals surface area contributed by atoms with Crippen molar-refractivity contribution in [2.75, 3.05) is 17.3 Å². The van der Waals surface area contributed by atoms with E-state index >= 15 is 0 Å². The van der Waals surface area contributed by atoms with Crippen LogP contribution < -0.4 is 15.0 Å². The Balaban J connectivity index is 1.68. The summed E-state index contributed by atoms with van der Waals surface area (Å²) >= 11 is 0. The number of ether oxygens (including phenoxy) is 1. The van der Waals surface area contributed by atoms with E-state index in [9.17, 15) is 14.4 Å². The number of ketones is 2. The van der Waals surface area contributed by atoms with Crippen molar-refractivity contribution < 1.29 is 23.5 Å². The Morgan fingerprint density at radius 1 is 1.08 bits per heavy atom. The highest BCUT2D eigenvalue weighted by atomic mass is 16.5. The predicted molar refractivity (Wildman–Crippen MR) is 140 cm³/mol. The number of methoxy groups -OCH3 is 1. The summed E-state index contributed by atoms with van der Waals surface area (Å²) in [5, 5.41) is 3.02. The second kappa shape index (κ2) is 7.93. The molecule has 0 unspecified atom stereocenters. The van der Waals surface area contributed by atoms with Crippen molar-refractivity contribution in [2.45, 2.75) is 38.3 Å². The minimum absolute atomic E-state index is 0.117. The average molecular weight is 497 g/mol. The monoisotopic (exact) mass is 496 g/mol. The van der Waals surface area contributed by atoms with Gasteiger partial charge >= 0.3 is 0 Å². The van der Waals surface area contributed by atoms with Crippen LogP contribution in [0.5, 0.6) is 5.75 Å². The molecule has 1 aromatic heterocycles. The van der Waals surface area contributed by atoms with Crippen molar-refractivity contribution in [2.24, 2.45) is 11.3 Å². The number of rotatable bonds is 4. The molecule has 0 saturated carbocycles. The molecule has 7 nitrogen and oxygen atoms in total. The first-order valence-electron chi connectivity index (χ1n) is 12.4. The van der Waals surface area contributed by atoms with Gasteiger partial charge < -0.3 is 19.4 Å². The highest BCUT2D eigenvalue weighted by molar-refractivity contribution is 6.16. The standard InChI is InChI=1S/C30H28N2O5/c1-29(2,3)27(34)25-24(26(33)22-10-7-15-37-22)30(19-8-5-6-9-20(19)31-28(30)35)23-14-11-17-16-18(36-4)12-13-21(17)32(23)25/h5-16,23-25H,1-4H3,(H,31,35)/t23-,24+,25+,30-/m1/s1. The molecular formula is C30H28N2O5. The number of hydrogen-bond acceptors (Lipinski definition) is 6. The number of hydrogen-bond donors (Lipinski definition) is 1. The van der Waals surface area contributed by atoms with E-state index in [1.165, 1.54) is 6.26 Å². The normalized spacial score (nSPS) is 25.5. The van der Waals surface area contributed by atoms with Crippen LogP contribution in [0, 0.1) is 11.3 Å². The zero-order chi connectivity index (χ0) is 26.1. The third-order valence-corrected chi connectivity index (χ3v) is 7.89. The third kappa shape index (κ3) is 3.09. The first-order valence-corrected chi connectivity index (χ1v) is 12.4. The van der Waals surface area contributed by atoms with Gasteiger partial charge in [-0.1, -0.05) is 51.1 Å². The molecule has 3 aliphatic heterocycles. The smallest absolute Gasteiger partial charge is 0.238 e. The largest absolute Gasteiger partial charge is 0.497 e. The van der Waals surface area contributed by atoms with Crippen LogP contribution in [0.2, 0.25) is 0 Å². The number of nitrogens with zero attached hydrogens (tertiary/aromatic N) is 1. The van der Waals surface area contributed by atoms with Crippen molar-refractivity contribution in [3.63, 3.8) is 0 Å². The molecule has 4 heterocycles. The molecule has 188 valence electrons. The van der Waals surface area contributed by atoms with E-state index in [4.69, 9.17) is 9.15 Å². The molecule has 2 aromatic carbocycles. The Kier molecular flexibility index (Phi) is 4.99. The summed E-state index contributed by atoms with van der Waals surface area (Å²) in [4.78, 5) is 44.7. The lowest BCUT2D eigenvalue weighted by molar-refractivity contribution is -0.128. The molecule has 6 rings (SSSR count). The van der Waals surface area contributed by atoms with Crippen molar-refractivity contribution in [3.8, 4) is 5.75 Å². The Labute approximate surface area is 215 Å². The number of furan rings is 1. The maximum absolute atomic E-state index is 14.3. The molecule has 0 radical (unpaired) electrons. The van der Waals surface area contributed by atoms with Gasteiger partial charge in [0.25, 0.3) is 0 Å². The minimum Gasteiger partial charge on any atom is -0.497 e. The molecule has 1 N–H and O–H groups in total. The van der Waals surface area contributed by atoms with E-state index in [0.717, 1.165) is 11.3 Å². The number of nitrogens with one attached hydrogen (secondary N) is 1. The Morgan fingerprint density at radius 3 is 2.57 bits per heavy atom. The fourth-order valence-corrected chi connectivity index (χ4v) is 6.30. The fraction of sp³-hybridized carbons (Fsp3) is 0.300. The number of benzene rings is 2. The van der Waals surface area contributed by atoms with Crippen LogP contribution in [0.15, 0.2) is 71.4 Å². The van der Waals surface area contributed by atoms with E-state index in [-0.39, 0.29) is 23.2 Å². The molecule has 1 amide bonds. The first-order chi connectivity index (χ1) is 17.7. The average Bonchev–Trinajstić information content (AvgIpc) is 3.59. The van der Waals surface area contributed by atoms with E-state index in [2.05, 4.69) is 5.32 Å². The number of carbonyl (C=O) groups excluding carboxylic acids is 3. The summed E-state index contributed by atoms with van der Waals surface area (Å²) in [6.07, 6.45) is 5.34. The predicted octanol–water partition coefficient (Wildman–Crippen LogP) is 4.88. The molecule has 1 spiro atoms. The zero-order valence-corrected chi connectivity index (χ0v) is 21.1. The Morgan fingerprint density at radius 2 is 1.86 bits per heavy atom. The van der Waals surface area contributed by atoms with Crippen molar-refractivity contribution in [1.82, 2.24) is 0 Å². The second-order valence-corrected chi connectivity index (χ2v) is 10.9. The molecule has 4 atom stereocenters. The number of amides is 1. The summed E-state index contributed by atoms with van der Waals surface area (Å²) in [6, 6.07) is 14.8. The van der Waals surface area contributed by atoms with Crippen LogP contribution in [0.25, 0.3) is 6.08 Å². The zero-order valence-electron chi connectivity index (χ0n) is 21.1. The van der Waals surface area contributed by atoms with E-state index in [1.54, 1.807) is 19.2 Å². The van der Waals surface area contributed by atoms with Gasteiger partial charge in [-0.3, -0.25) is 14.4 Å². The number of fused-ring (bicyclic) bond motifs is 6. The minimum atomic E-state index is -1.33. The van der Waals surface area contributed by atoms with Gasteiger partial charge in [0, 0.05) is 22.4 Å². The van der Waals surface area contributed by atoms with Gasteiger partial charge in [-0.05, 0) is 42.0 Å². The van der Waals surface area contributed by atoms with Crippen LogP contribution in [0.1, 0.15) is 42.5 Å². The molecular weight excluding hydrogens is 468 g/mol. The Hall–Kier alpha value is -4.13. The number of carbonyl (C=O) groups is 3. The van der Waals surface area contributed by atoms with E-state index in [0.29, 0.717) is 17.0 Å². The number of Topliss-reactive ketones (excluding diaryl/α,β-unsaturated/α-hetero) is 2. The molecule has 7 heteroatoms. The summed E-state index contributed by atoms with van der Waals surface area (Å²) in [5.74, 6) is -0.976.